The van der Waals surface area contributed by atoms with Gasteiger partial charge < -0.3 is 16.5 Å². The molecule has 0 saturated heterocycles. The van der Waals surface area contributed by atoms with Gasteiger partial charge in [0.2, 0.25) is 0 Å². The number of hydrogen-bond donors (Lipinski definition) is 3. The Morgan fingerprint density at radius 2 is 1.68 bits per heavy atom. The first kappa shape index (κ1) is 14.3. The van der Waals surface area contributed by atoms with Gasteiger partial charge in [-0.2, -0.15) is 0 Å². The van der Waals surface area contributed by atoms with Gasteiger partial charge in [-0.1, -0.05) is 31.2 Å². The van der Waals surface area contributed by atoms with E-state index in [1.807, 2.05) is 36.4 Å². The van der Waals surface area contributed by atoms with Crippen LogP contribution in [0.5, 0.6) is 0 Å². The number of para-hydroxylation sites is 1. The van der Waals surface area contributed by atoms with E-state index in [0.29, 0.717) is 0 Å². The molecule has 0 radical (unpaired) electrons. The van der Waals surface area contributed by atoms with Crippen molar-refractivity contribution in [2.45, 2.75) is 20.3 Å². The number of nitrogens with one attached hydrogen (secondary N) is 1. The minimum absolute atomic E-state index is 0.778. The molecule has 1 heterocycles. The van der Waals surface area contributed by atoms with Crippen molar-refractivity contribution in [3.05, 3.63) is 59.9 Å². The van der Waals surface area contributed by atoms with E-state index in [1.54, 1.807) is 0 Å². The standard InChI is InChI=1S/C19H21N3/c1-3-13-11-22-12(2)19(13)16-10-14(8-9-18(16)21)15-6-4-5-7-17(15)20/h4-11,22H,3,20-21H2,1-2H3. The second kappa shape index (κ2) is 5.60. The van der Waals surface area contributed by atoms with E-state index in [-0.39, 0.29) is 0 Å². The Morgan fingerprint density at radius 1 is 0.955 bits per heavy atom. The summed E-state index contributed by atoms with van der Waals surface area (Å²) >= 11 is 0. The van der Waals surface area contributed by atoms with E-state index in [9.17, 15) is 0 Å². The minimum Gasteiger partial charge on any atom is -0.398 e. The Bertz CT molecular complexity index is 815. The molecule has 3 nitrogen and oxygen atoms in total. The van der Waals surface area contributed by atoms with Crippen molar-refractivity contribution in [2.75, 3.05) is 11.5 Å². The summed E-state index contributed by atoms with van der Waals surface area (Å²) < 4.78 is 0. The Morgan fingerprint density at radius 3 is 2.41 bits per heavy atom. The van der Waals surface area contributed by atoms with Gasteiger partial charge in [0.25, 0.3) is 0 Å². The first-order chi connectivity index (χ1) is 10.6. The number of aryl methyl sites for hydroxylation is 2. The van der Waals surface area contributed by atoms with Gasteiger partial charge in [-0.3, -0.25) is 0 Å². The summed E-state index contributed by atoms with van der Waals surface area (Å²) in [6, 6.07) is 14.0. The summed E-state index contributed by atoms with van der Waals surface area (Å²) in [5, 5.41) is 0. The molecule has 0 aliphatic carbocycles. The summed E-state index contributed by atoms with van der Waals surface area (Å²) in [4.78, 5) is 3.30. The SMILES string of the molecule is CCc1c[nH]c(C)c1-c1cc(-c2ccccc2N)ccc1N. The second-order valence-electron chi connectivity index (χ2n) is 5.56. The molecular weight excluding hydrogens is 270 g/mol. The van der Waals surface area contributed by atoms with Gasteiger partial charge >= 0.3 is 0 Å². The predicted octanol–water partition coefficient (Wildman–Crippen LogP) is 4.38. The molecule has 0 aliphatic heterocycles. The summed E-state index contributed by atoms with van der Waals surface area (Å²) in [6.07, 6.45) is 3.03. The highest BCUT2D eigenvalue weighted by Crippen LogP contribution is 2.36. The van der Waals surface area contributed by atoms with Crippen LogP contribution < -0.4 is 11.5 Å². The molecule has 0 fully saturated rings. The van der Waals surface area contributed by atoms with Crippen molar-refractivity contribution in [1.29, 1.82) is 0 Å². The van der Waals surface area contributed by atoms with Crippen LogP contribution >= 0.6 is 0 Å². The molecule has 1 aromatic heterocycles. The lowest BCUT2D eigenvalue weighted by Crippen LogP contribution is -1.95. The molecule has 0 atom stereocenters. The van der Waals surface area contributed by atoms with Gasteiger partial charge in [0.05, 0.1) is 0 Å². The molecule has 3 aromatic rings. The molecule has 112 valence electrons. The lowest BCUT2D eigenvalue weighted by molar-refractivity contribution is 1.14. The smallest absolute Gasteiger partial charge is 0.0394 e. The van der Waals surface area contributed by atoms with Crippen molar-refractivity contribution in [1.82, 2.24) is 4.98 Å². The first-order valence-corrected chi connectivity index (χ1v) is 7.53. The molecule has 0 saturated carbocycles. The number of hydrogen-bond acceptors (Lipinski definition) is 2. The molecule has 5 N–H and O–H groups in total. The van der Waals surface area contributed by atoms with Gasteiger partial charge in [-0.15, -0.1) is 0 Å². The van der Waals surface area contributed by atoms with Crippen molar-refractivity contribution in [3.8, 4) is 22.3 Å². The number of aromatic amines is 1. The topological polar surface area (TPSA) is 67.8 Å². The summed E-state index contributed by atoms with van der Waals surface area (Å²) in [5.41, 5.74) is 20.7. The molecule has 2 aromatic carbocycles. The van der Waals surface area contributed by atoms with E-state index in [4.69, 9.17) is 11.5 Å². The number of aromatic nitrogens is 1. The average molecular weight is 291 g/mol. The van der Waals surface area contributed by atoms with Crippen molar-refractivity contribution >= 4 is 11.4 Å². The van der Waals surface area contributed by atoms with Crippen LogP contribution in [0.3, 0.4) is 0 Å². The van der Waals surface area contributed by atoms with E-state index in [1.165, 1.54) is 11.1 Å². The maximum absolute atomic E-state index is 6.24. The van der Waals surface area contributed by atoms with Crippen LogP contribution in [-0.4, -0.2) is 4.98 Å². The van der Waals surface area contributed by atoms with Gasteiger partial charge in [0.15, 0.2) is 0 Å². The van der Waals surface area contributed by atoms with E-state index in [2.05, 4.69) is 31.1 Å². The van der Waals surface area contributed by atoms with E-state index in [0.717, 1.165) is 40.2 Å². The van der Waals surface area contributed by atoms with Gasteiger partial charge in [0, 0.05) is 40.0 Å². The fraction of sp³-hybridized carbons (Fsp3) is 0.158. The molecule has 0 bridgehead atoms. The number of nitrogen functional groups attached to an aromatic ring is 2. The molecular formula is C19H21N3. The zero-order valence-corrected chi connectivity index (χ0v) is 13.0. The van der Waals surface area contributed by atoms with Crippen LogP contribution in [0, 0.1) is 6.92 Å². The Balaban J connectivity index is 2.20. The largest absolute Gasteiger partial charge is 0.398 e. The summed E-state index contributed by atoms with van der Waals surface area (Å²) in [7, 11) is 0. The second-order valence-corrected chi connectivity index (χ2v) is 5.56. The molecule has 0 spiro atoms. The number of rotatable bonds is 3. The lowest BCUT2D eigenvalue weighted by atomic mass is 9.94. The van der Waals surface area contributed by atoms with Crippen LogP contribution in [0.2, 0.25) is 0 Å². The van der Waals surface area contributed by atoms with Crippen LogP contribution in [-0.2, 0) is 6.42 Å². The molecule has 0 unspecified atom stereocenters. The molecule has 0 amide bonds. The fourth-order valence-corrected chi connectivity index (χ4v) is 2.93. The molecule has 3 heteroatoms. The number of H-pyrrole nitrogens is 1. The monoisotopic (exact) mass is 291 g/mol. The lowest BCUT2D eigenvalue weighted by Gasteiger charge is -2.12. The van der Waals surface area contributed by atoms with Crippen LogP contribution in [0.25, 0.3) is 22.3 Å². The highest BCUT2D eigenvalue weighted by atomic mass is 14.7. The number of nitrogens with two attached hydrogens (primary N) is 2. The fourth-order valence-electron chi connectivity index (χ4n) is 2.93. The molecule has 22 heavy (non-hydrogen) atoms. The van der Waals surface area contributed by atoms with Gasteiger partial charge in [0.1, 0.15) is 0 Å². The average Bonchev–Trinajstić information content (AvgIpc) is 2.89. The van der Waals surface area contributed by atoms with Crippen molar-refractivity contribution < 1.29 is 0 Å². The third-order valence-corrected chi connectivity index (χ3v) is 4.13. The molecule has 0 aliphatic rings. The predicted molar refractivity (Wildman–Crippen MR) is 94.6 cm³/mol. The van der Waals surface area contributed by atoms with Crippen molar-refractivity contribution in [3.63, 3.8) is 0 Å². The van der Waals surface area contributed by atoms with Crippen molar-refractivity contribution in [2.24, 2.45) is 0 Å². The zero-order chi connectivity index (χ0) is 15.7. The zero-order valence-electron chi connectivity index (χ0n) is 13.0. The number of anilines is 2. The summed E-state index contributed by atoms with van der Waals surface area (Å²) in [6.45, 7) is 4.23. The molecule has 3 rings (SSSR count). The van der Waals surface area contributed by atoms with Gasteiger partial charge in [-0.25, -0.2) is 0 Å². The Labute approximate surface area is 131 Å². The van der Waals surface area contributed by atoms with Crippen LogP contribution in [0.1, 0.15) is 18.2 Å². The normalized spacial score (nSPS) is 10.8. The Hall–Kier alpha value is -2.68. The maximum atomic E-state index is 6.24. The van der Waals surface area contributed by atoms with Gasteiger partial charge in [-0.05, 0) is 42.7 Å². The maximum Gasteiger partial charge on any atom is 0.0394 e. The van der Waals surface area contributed by atoms with Crippen LogP contribution in [0.4, 0.5) is 11.4 Å². The summed E-state index contributed by atoms with van der Waals surface area (Å²) in [5.74, 6) is 0. The highest BCUT2D eigenvalue weighted by molar-refractivity contribution is 5.87. The Kier molecular flexibility index (Phi) is 3.63. The first-order valence-electron chi connectivity index (χ1n) is 7.53. The highest BCUT2D eigenvalue weighted by Gasteiger charge is 2.13. The number of benzene rings is 2. The van der Waals surface area contributed by atoms with Crippen LogP contribution in [0.15, 0.2) is 48.7 Å². The minimum atomic E-state index is 0.778. The quantitative estimate of drug-likeness (QED) is 0.627. The van der Waals surface area contributed by atoms with E-state index >= 15 is 0 Å². The third kappa shape index (κ3) is 2.35. The van der Waals surface area contributed by atoms with E-state index < -0.39 is 0 Å². The third-order valence-electron chi connectivity index (χ3n) is 4.13.